The Morgan fingerprint density at radius 2 is 1.15 bits per heavy atom. The summed E-state index contributed by atoms with van der Waals surface area (Å²) in [6.45, 7) is 1.87. The molecule has 0 bridgehead atoms. The zero-order chi connectivity index (χ0) is 29.0. The van der Waals surface area contributed by atoms with E-state index in [1.807, 2.05) is 31.2 Å². The van der Waals surface area contributed by atoms with Crippen molar-refractivity contribution < 1.29 is 189 Å². The molecule has 48 heavy (non-hydrogen) atoms. The predicted octanol–water partition coefficient (Wildman–Crippen LogP) is -3.70. The van der Waals surface area contributed by atoms with E-state index >= 15 is 0 Å². The maximum Gasteiger partial charge on any atom is 1.00 e. The van der Waals surface area contributed by atoms with Crippen molar-refractivity contribution in [2.24, 2.45) is 0 Å². The molecule has 3 aromatic carbocycles. The van der Waals surface area contributed by atoms with Gasteiger partial charge in [0.2, 0.25) is 17.6 Å². The molecule has 0 spiro atoms. The third kappa shape index (κ3) is 17.1. The number of rotatable bonds is 8. The summed E-state index contributed by atoms with van der Waals surface area (Å²) in [6, 6.07) is 32.0. The van der Waals surface area contributed by atoms with Gasteiger partial charge in [-0.15, -0.1) is 17.9 Å². The standard InChI is InChI=1S/C17H12NO3.C15H11N4O2.CH4.3K.2H2O/c19-13-6-4-9-15(12-13)21-17-11-5-10-16(18-17)20-14-7-2-1-3-8-14;1-11-7-15(19-10-17-11)21-13-4-2-3-12(8-13)20-14-5-6-16-9-18-14;;;;;;/h1-2,4-12,19H;2-5,7-10H,1H3;1H4;;;;2*1H2/q2*-1;;3*+1;;/p+1. The quantitative estimate of drug-likeness (QED) is 0.0857. The number of nitrogens with zero attached hydrogens (tertiary/aromatic N) is 5. The summed E-state index contributed by atoms with van der Waals surface area (Å²) in [6.07, 6.45) is 5.49. The largest absolute Gasteiger partial charge is 1.00 e. The number of ether oxygens (including phenoxy) is 4. The molecule has 0 saturated heterocycles. The Morgan fingerprint density at radius 3 is 1.75 bits per heavy atom. The minimum absolute atomic E-state index is 0. The molecule has 6 N–H and O–H groups in total. The summed E-state index contributed by atoms with van der Waals surface area (Å²) in [5.41, 5.74) is 0.837. The van der Waals surface area contributed by atoms with E-state index in [1.165, 1.54) is 24.8 Å². The molecule has 6 aromatic rings. The van der Waals surface area contributed by atoms with E-state index in [-0.39, 0.29) is 178 Å². The van der Waals surface area contributed by atoms with Crippen molar-refractivity contribution in [1.29, 1.82) is 0 Å². The van der Waals surface area contributed by atoms with Gasteiger partial charge >= 0.3 is 154 Å². The fraction of sp³-hybridized carbons (Fsp3) is 0.0606. The van der Waals surface area contributed by atoms with Crippen LogP contribution in [0.3, 0.4) is 0 Å². The molecule has 0 unspecified atom stereocenters. The van der Waals surface area contributed by atoms with Crippen LogP contribution in [-0.2, 0) is 11.0 Å². The number of benzene rings is 3. The Hall–Kier alpha value is -1.20. The molecule has 0 aliphatic rings. The Morgan fingerprint density at radius 1 is 0.583 bits per heavy atom. The van der Waals surface area contributed by atoms with E-state index in [1.54, 1.807) is 66.7 Å². The summed E-state index contributed by atoms with van der Waals surface area (Å²) < 4.78 is 22.4. The van der Waals surface area contributed by atoms with E-state index in [0.717, 1.165) is 5.69 Å². The van der Waals surface area contributed by atoms with Gasteiger partial charge in [0, 0.05) is 36.0 Å². The Bertz CT molecular complexity index is 1620. The van der Waals surface area contributed by atoms with Crippen LogP contribution in [0.4, 0.5) is 0 Å². The smallest absolute Gasteiger partial charge is 0.872 e. The second-order valence-electron chi connectivity index (χ2n) is 8.39. The van der Waals surface area contributed by atoms with Gasteiger partial charge in [0.25, 0.3) is 0 Å². The van der Waals surface area contributed by atoms with Gasteiger partial charge in [0.05, 0.1) is 0 Å². The molecule has 15 heteroatoms. The van der Waals surface area contributed by atoms with Crippen LogP contribution in [0, 0.1) is 19.2 Å². The Balaban J connectivity index is 0. The van der Waals surface area contributed by atoms with Gasteiger partial charge in [-0.25, -0.2) is 9.97 Å². The zero-order valence-electron chi connectivity index (χ0n) is 26.4. The van der Waals surface area contributed by atoms with Gasteiger partial charge in [0.1, 0.15) is 29.5 Å². The molecule has 232 valence electrons. The molecule has 0 amide bonds. The number of pyridine rings is 1. The monoisotopic (exact) mass is 727 g/mol. The van der Waals surface area contributed by atoms with Gasteiger partial charge in [-0.05, 0) is 37.3 Å². The molecule has 0 saturated carbocycles. The molecular weight excluding hydrogens is 696 g/mol. The number of aryl methyl sites for hydroxylation is 1. The van der Waals surface area contributed by atoms with Crippen LogP contribution >= 0.6 is 0 Å². The van der Waals surface area contributed by atoms with Gasteiger partial charge in [-0.3, -0.25) is 0 Å². The van der Waals surface area contributed by atoms with Crippen LogP contribution in [-0.4, -0.2) is 24.9 Å². The van der Waals surface area contributed by atoms with E-state index in [4.69, 9.17) is 18.9 Å². The zero-order valence-corrected chi connectivity index (χ0v) is 35.8. The number of hydrogen-bond acceptors (Lipinski definition) is 10. The van der Waals surface area contributed by atoms with E-state index in [9.17, 15) is 5.11 Å². The normalized spacial score (nSPS) is 8.85. The van der Waals surface area contributed by atoms with Crippen molar-refractivity contribution in [1.82, 2.24) is 24.9 Å². The molecule has 0 radical (unpaired) electrons. The third-order valence-corrected chi connectivity index (χ3v) is 5.16. The fourth-order valence-electron chi connectivity index (χ4n) is 3.36. The SMILES string of the molecule is C.Cc1cc(Oc2cccc(Oc3c[c-]ncn3)c2)ncn1.[K+].[K+].[K+].[O-]c1cccc(Oc2cccc(Oc3c[c-]ccc3)n2)c1.[OH3+].[OH3+]. The first-order valence-electron chi connectivity index (χ1n) is 12.6. The average molecular weight is 728 g/mol. The van der Waals surface area contributed by atoms with Crippen LogP contribution in [0.15, 0.2) is 116 Å². The maximum absolute atomic E-state index is 11.3. The van der Waals surface area contributed by atoms with Gasteiger partial charge < -0.3 is 45.0 Å². The fourth-order valence-corrected chi connectivity index (χ4v) is 3.36. The van der Waals surface area contributed by atoms with Crippen molar-refractivity contribution >= 4 is 0 Å². The van der Waals surface area contributed by atoms with Crippen molar-refractivity contribution in [2.45, 2.75) is 14.4 Å². The van der Waals surface area contributed by atoms with E-state index in [0.29, 0.717) is 46.5 Å². The molecule has 0 aliphatic heterocycles. The van der Waals surface area contributed by atoms with E-state index in [2.05, 4.69) is 37.2 Å². The van der Waals surface area contributed by atoms with Crippen LogP contribution in [0.25, 0.3) is 0 Å². The molecule has 0 aliphatic carbocycles. The van der Waals surface area contributed by atoms with Gasteiger partial charge in [0.15, 0.2) is 0 Å². The van der Waals surface area contributed by atoms with Crippen molar-refractivity contribution in [3.8, 4) is 52.3 Å². The maximum atomic E-state index is 11.3. The summed E-state index contributed by atoms with van der Waals surface area (Å²) in [5, 5.41) is 11.3. The summed E-state index contributed by atoms with van der Waals surface area (Å²) >= 11 is 0. The first kappa shape index (κ1) is 48.9. The first-order chi connectivity index (χ1) is 20.6. The third-order valence-electron chi connectivity index (χ3n) is 5.16. The molecule has 0 fully saturated rings. The number of hydrogen-bond donors (Lipinski definition) is 0. The predicted molar refractivity (Wildman–Crippen MR) is 166 cm³/mol. The van der Waals surface area contributed by atoms with Gasteiger partial charge in [-0.1, -0.05) is 44.0 Å². The van der Waals surface area contributed by atoms with Crippen LogP contribution < -0.4 is 178 Å². The summed E-state index contributed by atoms with van der Waals surface area (Å²) in [5.74, 6) is 3.86. The van der Waals surface area contributed by atoms with E-state index < -0.39 is 0 Å². The molecule has 3 aromatic heterocycles. The van der Waals surface area contributed by atoms with Crippen molar-refractivity contribution in [2.75, 3.05) is 0 Å². The van der Waals surface area contributed by atoms with Crippen LogP contribution in [0.1, 0.15) is 13.1 Å². The second-order valence-corrected chi connectivity index (χ2v) is 8.39. The molecule has 0 atom stereocenters. The minimum Gasteiger partial charge on any atom is -0.872 e. The van der Waals surface area contributed by atoms with Crippen LogP contribution in [0.2, 0.25) is 0 Å². The molecule has 3 heterocycles. The molecular formula is C33H32K3N5O7+2. The minimum atomic E-state index is -0.111. The topological polar surface area (TPSA) is 190 Å². The Kier molecular flexibility index (Phi) is 27.1. The summed E-state index contributed by atoms with van der Waals surface area (Å²) in [7, 11) is 0. The van der Waals surface area contributed by atoms with Crippen molar-refractivity contribution in [3.63, 3.8) is 0 Å². The molecule has 6 rings (SSSR count). The average Bonchev–Trinajstić information content (AvgIpc) is 2.99. The van der Waals surface area contributed by atoms with Crippen molar-refractivity contribution in [3.05, 3.63) is 134 Å². The second kappa shape index (κ2) is 26.6. The molecule has 12 nitrogen and oxygen atoms in total. The Labute approximate surface area is 407 Å². The first-order valence-corrected chi connectivity index (χ1v) is 12.6. The number of aromatic nitrogens is 5. The van der Waals surface area contributed by atoms with Crippen LogP contribution in [0.5, 0.6) is 52.3 Å². The van der Waals surface area contributed by atoms with Gasteiger partial charge in [-0.2, -0.15) is 23.2 Å². The summed E-state index contributed by atoms with van der Waals surface area (Å²) in [4.78, 5) is 20.0.